The number of anilines is 1. The van der Waals surface area contributed by atoms with Gasteiger partial charge in [-0.1, -0.05) is 30.3 Å². The maximum absolute atomic E-state index is 12.0. The minimum Gasteiger partial charge on any atom is -0.467 e. The molecule has 2 aromatic rings. The number of benzene rings is 1. The standard InChI is InChI=1S/C20H26N6O4/c1-29-19-24-16(23-18(25-19)26-10-6-3-7-11-26)12-21-17(27)13-22-20(28)30-14-15-8-4-2-5-9-15/h2,4-5,8-9H,3,6-7,10-14H2,1H3,(H,21,27)(H,22,28). The van der Waals surface area contributed by atoms with Crippen LogP contribution in [0.3, 0.4) is 0 Å². The number of carbonyl (C=O) groups excluding carboxylic acids is 2. The SMILES string of the molecule is COc1nc(CNC(=O)CNC(=O)OCc2ccccc2)nc(N2CCCCC2)n1. The molecule has 0 bridgehead atoms. The number of hydrogen-bond donors (Lipinski definition) is 2. The van der Waals surface area contributed by atoms with Crippen LogP contribution in [0.2, 0.25) is 0 Å². The molecule has 0 unspecified atom stereocenters. The zero-order chi connectivity index (χ0) is 21.2. The molecule has 30 heavy (non-hydrogen) atoms. The Kier molecular flexibility index (Phi) is 7.76. The van der Waals surface area contributed by atoms with E-state index in [9.17, 15) is 9.59 Å². The van der Waals surface area contributed by atoms with Crippen molar-refractivity contribution < 1.29 is 19.1 Å². The molecule has 1 fully saturated rings. The van der Waals surface area contributed by atoms with Crippen molar-refractivity contribution in [3.63, 3.8) is 0 Å². The number of methoxy groups -OCH3 is 1. The van der Waals surface area contributed by atoms with Gasteiger partial charge in [0.2, 0.25) is 11.9 Å². The van der Waals surface area contributed by atoms with Crippen molar-refractivity contribution in [1.29, 1.82) is 0 Å². The minimum atomic E-state index is -0.664. The summed E-state index contributed by atoms with van der Waals surface area (Å²) in [6.45, 7) is 1.79. The zero-order valence-electron chi connectivity index (χ0n) is 17.0. The Bertz CT molecular complexity index is 842. The van der Waals surface area contributed by atoms with Crippen molar-refractivity contribution in [2.45, 2.75) is 32.4 Å². The second-order valence-corrected chi connectivity index (χ2v) is 6.78. The van der Waals surface area contributed by atoms with Crippen molar-refractivity contribution >= 4 is 17.9 Å². The molecule has 0 aliphatic carbocycles. The number of piperidine rings is 1. The van der Waals surface area contributed by atoms with Crippen molar-refractivity contribution in [3.05, 3.63) is 41.7 Å². The molecule has 0 atom stereocenters. The van der Waals surface area contributed by atoms with E-state index in [2.05, 4.69) is 30.5 Å². The highest BCUT2D eigenvalue weighted by molar-refractivity contribution is 5.82. The molecule has 2 amide bonds. The van der Waals surface area contributed by atoms with E-state index in [0.717, 1.165) is 31.5 Å². The Labute approximate surface area is 175 Å². The fourth-order valence-corrected chi connectivity index (χ4v) is 2.96. The van der Waals surface area contributed by atoms with Gasteiger partial charge in [0.15, 0.2) is 5.82 Å². The Hall–Kier alpha value is -3.43. The van der Waals surface area contributed by atoms with Crippen LogP contribution in [0.4, 0.5) is 10.7 Å². The monoisotopic (exact) mass is 414 g/mol. The summed E-state index contributed by atoms with van der Waals surface area (Å²) >= 11 is 0. The molecule has 10 nitrogen and oxygen atoms in total. The summed E-state index contributed by atoms with van der Waals surface area (Å²) in [6, 6.07) is 9.50. The van der Waals surface area contributed by atoms with E-state index in [0.29, 0.717) is 11.8 Å². The number of hydrogen-bond acceptors (Lipinski definition) is 8. The van der Waals surface area contributed by atoms with Gasteiger partial charge in [-0.15, -0.1) is 0 Å². The molecule has 0 saturated carbocycles. The van der Waals surface area contributed by atoms with Gasteiger partial charge in [0.1, 0.15) is 13.2 Å². The Morgan fingerprint density at radius 2 is 1.80 bits per heavy atom. The average molecular weight is 414 g/mol. The quantitative estimate of drug-likeness (QED) is 0.666. The Morgan fingerprint density at radius 3 is 2.53 bits per heavy atom. The van der Waals surface area contributed by atoms with Gasteiger partial charge in [0, 0.05) is 13.1 Å². The number of carbonyl (C=O) groups is 2. The molecule has 1 aliphatic heterocycles. The first-order valence-electron chi connectivity index (χ1n) is 9.89. The highest BCUT2D eigenvalue weighted by Gasteiger charge is 2.17. The summed E-state index contributed by atoms with van der Waals surface area (Å²) < 4.78 is 10.2. The van der Waals surface area contributed by atoms with Crippen LogP contribution >= 0.6 is 0 Å². The van der Waals surface area contributed by atoms with Crippen LogP contribution in [0.15, 0.2) is 30.3 Å². The lowest BCUT2D eigenvalue weighted by molar-refractivity contribution is -0.120. The molecule has 10 heteroatoms. The number of ether oxygens (including phenoxy) is 2. The van der Waals surface area contributed by atoms with E-state index in [-0.39, 0.29) is 31.6 Å². The third-order valence-corrected chi connectivity index (χ3v) is 4.52. The van der Waals surface area contributed by atoms with Crippen molar-refractivity contribution in [1.82, 2.24) is 25.6 Å². The van der Waals surface area contributed by atoms with Crippen LogP contribution in [0.5, 0.6) is 6.01 Å². The number of alkyl carbamates (subject to hydrolysis) is 1. The van der Waals surface area contributed by atoms with Gasteiger partial charge in [-0.3, -0.25) is 4.79 Å². The molecule has 0 radical (unpaired) electrons. The third-order valence-electron chi connectivity index (χ3n) is 4.52. The Morgan fingerprint density at radius 1 is 1.03 bits per heavy atom. The van der Waals surface area contributed by atoms with E-state index in [1.54, 1.807) is 0 Å². The number of aromatic nitrogens is 3. The minimum absolute atomic E-state index is 0.0965. The predicted molar refractivity (Wildman–Crippen MR) is 109 cm³/mol. The third kappa shape index (κ3) is 6.57. The first-order chi connectivity index (χ1) is 14.6. The molecule has 2 N–H and O–H groups in total. The summed E-state index contributed by atoms with van der Waals surface area (Å²) in [6.07, 6.45) is 2.71. The lowest BCUT2D eigenvalue weighted by atomic mass is 10.1. The van der Waals surface area contributed by atoms with Crippen molar-refractivity contribution in [2.75, 3.05) is 31.6 Å². The molecule has 2 heterocycles. The lowest BCUT2D eigenvalue weighted by Crippen LogP contribution is -2.37. The topological polar surface area (TPSA) is 119 Å². The van der Waals surface area contributed by atoms with Gasteiger partial charge in [0.05, 0.1) is 13.7 Å². The van der Waals surface area contributed by atoms with Gasteiger partial charge in [0.25, 0.3) is 0 Å². The van der Waals surface area contributed by atoms with E-state index >= 15 is 0 Å². The summed E-state index contributed by atoms with van der Waals surface area (Å²) in [5, 5.41) is 5.09. The first-order valence-corrected chi connectivity index (χ1v) is 9.89. The number of amides is 2. The van der Waals surface area contributed by atoms with Crippen LogP contribution in [-0.4, -0.2) is 53.7 Å². The van der Waals surface area contributed by atoms with Crippen LogP contribution in [-0.2, 0) is 22.7 Å². The number of nitrogens with zero attached hydrogens (tertiary/aromatic N) is 4. The summed E-state index contributed by atoms with van der Waals surface area (Å²) in [7, 11) is 1.49. The molecule has 3 rings (SSSR count). The molecule has 1 aromatic carbocycles. The predicted octanol–water partition coefficient (Wildman–Crippen LogP) is 1.41. The van der Waals surface area contributed by atoms with E-state index < -0.39 is 6.09 Å². The van der Waals surface area contributed by atoms with Crippen molar-refractivity contribution in [3.8, 4) is 6.01 Å². The van der Waals surface area contributed by atoms with Crippen LogP contribution in [0.25, 0.3) is 0 Å². The van der Waals surface area contributed by atoms with Gasteiger partial charge in [-0.25, -0.2) is 4.79 Å². The molecular formula is C20H26N6O4. The van der Waals surface area contributed by atoms with Gasteiger partial charge in [-0.2, -0.15) is 15.0 Å². The first kappa shape index (κ1) is 21.3. The van der Waals surface area contributed by atoms with Crippen LogP contribution in [0.1, 0.15) is 30.7 Å². The maximum atomic E-state index is 12.0. The summed E-state index contributed by atoms with van der Waals surface area (Å²) in [5.74, 6) is 0.557. The van der Waals surface area contributed by atoms with Crippen LogP contribution in [0, 0.1) is 0 Å². The lowest BCUT2D eigenvalue weighted by Gasteiger charge is -2.26. The molecule has 1 aliphatic rings. The van der Waals surface area contributed by atoms with E-state index in [4.69, 9.17) is 9.47 Å². The second-order valence-electron chi connectivity index (χ2n) is 6.78. The summed E-state index contributed by atoms with van der Waals surface area (Å²) in [5.41, 5.74) is 0.866. The highest BCUT2D eigenvalue weighted by Crippen LogP contribution is 2.17. The molecule has 1 saturated heterocycles. The average Bonchev–Trinajstić information content (AvgIpc) is 2.81. The number of rotatable bonds is 8. The maximum Gasteiger partial charge on any atom is 0.407 e. The molecule has 1 aromatic heterocycles. The highest BCUT2D eigenvalue weighted by atomic mass is 16.5. The smallest absolute Gasteiger partial charge is 0.407 e. The Balaban J connectivity index is 1.45. The largest absolute Gasteiger partial charge is 0.467 e. The molecule has 160 valence electrons. The van der Waals surface area contributed by atoms with Crippen molar-refractivity contribution in [2.24, 2.45) is 0 Å². The summed E-state index contributed by atoms with van der Waals surface area (Å²) in [4.78, 5) is 38.8. The van der Waals surface area contributed by atoms with Gasteiger partial charge < -0.3 is 25.0 Å². The number of nitrogens with one attached hydrogen (secondary N) is 2. The van der Waals surface area contributed by atoms with Gasteiger partial charge in [-0.05, 0) is 24.8 Å². The normalized spacial score (nSPS) is 13.4. The van der Waals surface area contributed by atoms with Crippen LogP contribution < -0.4 is 20.3 Å². The van der Waals surface area contributed by atoms with E-state index in [1.807, 2.05) is 30.3 Å². The zero-order valence-corrected chi connectivity index (χ0v) is 17.0. The van der Waals surface area contributed by atoms with E-state index in [1.165, 1.54) is 13.5 Å². The molecule has 0 spiro atoms. The second kappa shape index (κ2) is 10.9. The molecular weight excluding hydrogens is 388 g/mol. The van der Waals surface area contributed by atoms with Gasteiger partial charge >= 0.3 is 12.1 Å². The fourth-order valence-electron chi connectivity index (χ4n) is 2.96. The fraction of sp³-hybridized carbons (Fsp3) is 0.450.